The van der Waals surface area contributed by atoms with Gasteiger partial charge < -0.3 is 5.32 Å². The van der Waals surface area contributed by atoms with Gasteiger partial charge in [-0.2, -0.15) is 0 Å². The van der Waals surface area contributed by atoms with Gasteiger partial charge in [0, 0.05) is 43.6 Å². The number of piperazine rings is 1. The lowest BCUT2D eigenvalue weighted by Gasteiger charge is -2.50. The van der Waals surface area contributed by atoms with Crippen LogP contribution in [0.15, 0.2) is 24.5 Å². The van der Waals surface area contributed by atoms with Gasteiger partial charge >= 0.3 is 0 Å². The Kier molecular flexibility index (Phi) is 4.50. The molecule has 1 fully saturated rings. The fourth-order valence-electron chi connectivity index (χ4n) is 3.07. The molecule has 0 bridgehead atoms. The number of hydrogen-bond donors (Lipinski definition) is 1. The zero-order valence-corrected chi connectivity index (χ0v) is 13.6. The zero-order chi connectivity index (χ0) is 14.8. The molecule has 1 aliphatic heterocycles. The number of nitrogens with one attached hydrogen (secondary N) is 1. The molecule has 2 rings (SSSR count). The third-order valence-electron chi connectivity index (χ3n) is 4.60. The average Bonchev–Trinajstić information content (AvgIpc) is 2.38. The van der Waals surface area contributed by atoms with Crippen LogP contribution in [0.25, 0.3) is 0 Å². The van der Waals surface area contributed by atoms with E-state index in [9.17, 15) is 0 Å². The molecule has 2 atom stereocenters. The Hall–Kier alpha value is -0.930. The zero-order valence-electron chi connectivity index (χ0n) is 13.6. The highest BCUT2D eigenvalue weighted by molar-refractivity contribution is 5.10. The molecule has 0 amide bonds. The van der Waals surface area contributed by atoms with Gasteiger partial charge in [0.05, 0.1) is 0 Å². The van der Waals surface area contributed by atoms with Crippen LogP contribution in [0.3, 0.4) is 0 Å². The second-order valence-electron chi connectivity index (χ2n) is 7.44. The molecule has 0 saturated carbocycles. The van der Waals surface area contributed by atoms with Crippen molar-refractivity contribution < 1.29 is 0 Å². The SMILES string of the molecule is CCC1(C)CN(Cc2cccnc2)C(C(C)(C)C)CN1. The first kappa shape index (κ1) is 15.5. The highest BCUT2D eigenvalue weighted by Crippen LogP contribution is 2.30. The summed E-state index contributed by atoms with van der Waals surface area (Å²) in [5.41, 5.74) is 1.82. The summed E-state index contributed by atoms with van der Waals surface area (Å²) in [6.45, 7) is 14.8. The Morgan fingerprint density at radius 3 is 2.75 bits per heavy atom. The van der Waals surface area contributed by atoms with Crippen molar-refractivity contribution in [3.63, 3.8) is 0 Å². The van der Waals surface area contributed by atoms with E-state index in [1.54, 1.807) is 0 Å². The Labute approximate surface area is 123 Å². The molecule has 0 spiro atoms. The minimum atomic E-state index is 0.226. The van der Waals surface area contributed by atoms with Crippen LogP contribution < -0.4 is 5.32 Å². The Bertz CT molecular complexity index is 424. The highest BCUT2D eigenvalue weighted by atomic mass is 15.3. The minimum Gasteiger partial charge on any atom is -0.309 e. The number of pyridine rings is 1. The maximum Gasteiger partial charge on any atom is 0.0312 e. The second-order valence-corrected chi connectivity index (χ2v) is 7.44. The standard InChI is InChI=1S/C17H29N3/c1-6-17(5)13-20(12-14-8-7-9-18-10-14)15(11-19-17)16(2,3)4/h7-10,15,19H,6,11-13H2,1-5H3. The van der Waals surface area contributed by atoms with E-state index >= 15 is 0 Å². The van der Waals surface area contributed by atoms with Crippen LogP contribution in [0.5, 0.6) is 0 Å². The predicted octanol–water partition coefficient (Wildman–Crippen LogP) is 3.07. The molecule has 1 N–H and O–H groups in total. The van der Waals surface area contributed by atoms with Gasteiger partial charge in [0.25, 0.3) is 0 Å². The van der Waals surface area contributed by atoms with Gasteiger partial charge in [-0.15, -0.1) is 0 Å². The van der Waals surface area contributed by atoms with Gasteiger partial charge in [0.1, 0.15) is 0 Å². The topological polar surface area (TPSA) is 28.2 Å². The normalized spacial score (nSPS) is 28.6. The van der Waals surface area contributed by atoms with Crippen molar-refractivity contribution in [3.05, 3.63) is 30.1 Å². The van der Waals surface area contributed by atoms with Crippen molar-refractivity contribution in [2.75, 3.05) is 13.1 Å². The van der Waals surface area contributed by atoms with Crippen LogP contribution in [0.1, 0.15) is 46.6 Å². The van der Waals surface area contributed by atoms with Crippen molar-refractivity contribution in [2.24, 2.45) is 5.41 Å². The number of nitrogens with zero attached hydrogens (tertiary/aromatic N) is 2. The Morgan fingerprint density at radius 1 is 1.45 bits per heavy atom. The smallest absolute Gasteiger partial charge is 0.0312 e. The molecule has 3 heteroatoms. The molecule has 3 nitrogen and oxygen atoms in total. The van der Waals surface area contributed by atoms with Crippen molar-refractivity contribution in [3.8, 4) is 0 Å². The van der Waals surface area contributed by atoms with E-state index in [0.717, 1.165) is 26.1 Å². The number of rotatable bonds is 3. The van der Waals surface area contributed by atoms with Crippen LogP contribution in [0.2, 0.25) is 0 Å². The van der Waals surface area contributed by atoms with Crippen LogP contribution in [-0.4, -0.2) is 34.6 Å². The van der Waals surface area contributed by atoms with Gasteiger partial charge in [-0.1, -0.05) is 33.8 Å². The summed E-state index contributed by atoms with van der Waals surface area (Å²) in [4.78, 5) is 6.89. The van der Waals surface area contributed by atoms with E-state index in [2.05, 4.69) is 55.9 Å². The highest BCUT2D eigenvalue weighted by Gasteiger charge is 2.39. The van der Waals surface area contributed by atoms with Gasteiger partial charge in [0.15, 0.2) is 0 Å². The third kappa shape index (κ3) is 3.58. The van der Waals surface area contributed by atoms with Crippen molar-refractivity contribution in [2.45, 2.75) is 59.2 Å². The molecule has 1 aromatic rings. The van der Waals surface area contributed by atoms with Crippen molar-refractivity contribution >= 4 is 0 Å². The molecule has 1 saturated heterocycles. The molecule has 2 unspecified atom stereocenters. The Balaban J connectivity index is 2.18. The first-order valence-corrected chi connectivity index (χ1v) is 7.72. The molecule has 0 aliphatic carbocycles. The first-order chi connectivity index (χ1) is 9.34. The van der Waals surface area contributed by atoms with Crippen LogP contribution in [0.4, 0.5) is 0 Å². The molecule has 0 radical (unpaired) electrons. The molecule has 1 aromatic heterocycles. The number of aromatic nitrogens is 1. The van der Waals surface area contributed by atoms with Gasteiger partial charge in [-0.3, -0.25) is 9.88 Å². The van der Waals surface area contributed by atoms with Crippen LogP contribution >= 0.6 is 0 Å². The van der Waals surface area contributed by atoms with Crippen molar-refractivity contribution in [1.82, 2.24) is 15.2 Å². The summed E-state index contributed by atoms with van der Waals surface area (Å²) in [5, 5.41) is 3.76. The number of hydrogen-bond acceptors (Lipinski definition) is 3. The summed E-state index contributed by atoms with van der Waals surface area (Å²) in [6.07, 6.45) is 5.00. The van der Waals surface area contributed by atoms with E-state index in [0.29, 0.717) is 6.04 Å². The molecular formula is C17H29N3. The molecule has 0 aromatic carbocycles. The van der Waals surface area contributed by atoms with Gasteiger partial charge in [-0.25, -0.2) is 0 Å². The van der Waals surface area contributed by atoms with Gasteiger partial charge in [0.2, 0.25) is 0 Å². The summed E-state index contributed by atoms with van der Waals surface area (Å²) in [6, 6.07) is 4.77. The minimum absolute atomic E-state index is 0.226. The predicted molar refractivity (Wildman–Crippen MR) is 84.6 cm³/mol. The first-order valence-electron chi connectivity index (χ1n) is 7.72. The molecule has 20 heavy (non-hydrogen) atoms. The van der Waals surface area contributed by atoms with E-state index in [-0.39, 0.29) is 11.0 Å². The summed E-state index contributed by atoms with van der Waals surface area (Å²) >= 11 is 0. The molecule has 2 heterocycles. The molecule has 112 valence electrons. The maximum atomic E-state index is 4.25. The lowest BCUT2D eigenvalue weighted by atomic mass is 9.81. The largest absolute Gasteiger partial charge is 0.309 e. The molecular weight excluding hydrogens is 246 g/mol. The fraction of sp³-hybridized carbons (Fsp3) is 0.706. The lowest BCUT2D eigenvalue weighted by Crippen LogP contribution is -2.65. The fourth-order valence-corrected chi connectivity index (χ4v) is 3.07. The molecule has 1 aliphatic rings. The van der Waals surface area contributed by atoms with E-state index in [1.807, 2.05) is 18.5 Å². The summed E-state index contributed by atoms with van der Waals surface area (Å²) in [5.74, 6) is 0. The average molecular weight is 275 g/mol. The van der Waals surface area contributed by atoms with Gasteiger partial charge in [-0.05, 0) is 30.4 Å². The van der Waals surface area contributed by atoms with E-state index in [1.165, 1.54) is 5.56 Å². The Morgan fingerprint density at radius 2 is 2.20 bits per heavy atom. The van der Waals surface area contributed by atoms with E-state index in [4.69, 9.17) is 0 Å². The van der Waals surface area contributed by atoms with Crippen LogP contribution in [-0.2, 0) is 6.54 Å². The third-order valence-corrected chi connectivity index (χ3v) is 4.60. The summed E-state index contributed by atoms with van der Waals surface area (Å²) in [7, 11) is 0. The monoisotopic (exact) mass is 275 g/mol. The quantitative estimate of drug-likeness (QED) is 0.919. The van der Waals surface area contributed by atoms with Crippen molar-refractivity contribution in [1.29, 1.82) is 0 Å². The lowest BCUT2D eigenvalue weighted by molar-refractivity contribution is 0.0204. The maximum absolute atomic E-state index is 4.25. The van der Waals surface area contributed by atoms with Crippen LogP contribution in [0, 0.1) is 5.41 Å². The van der Waals surface area contributed by atoms with E-state index < -0.39 is 0 Å². The summed E-state index contributed by atoms with van der Waals surface area (Å²) < 4.78 is 0. The second kappa shape index (κ2) is 5.82.